The predicted octanol–water partition coefficient (Wildman–Crippen LogP) is 2.23. The molecule has 0 saturated carbocycles. The van der Waals surface area contributed by atoms with E-state index in [1.165, 1.54) is 24.3 Å². The number of hydrogen-bond donors (Lipinski definition) is 2. The Labute approximate surface area is 103 Å². The summed E-state index contributed by atoms with van der Waals surface area (Å²) >= 11 is 0. The topological polar surface area (TPSA) is 66.0 Å². The maximum atomic E-state index is 12.8. The van der Waals surface area contributed by atoms with Crippen molar-refractivity contribution in [2.75, 3.05) is 0 Å². The lowest BCUT2D eigenvalue weighted by atomic mass is 10.1. The molecule has 1 aromatic carbocycles. The van der Waals surface area contributed by atoms with E-state index in [4.69, 9.17) is 0 Å². The number of aromatic amines is 1. The normalized spacial score (nSPS) is 10.6. The number of halogens is 1. The molecule has 18 heavy (non-hydrogen) atoms. The molecule has 0 amide bonds. The van der Waals surface area contributed by atoms with Gasteiger partial charge in [0, 0.05) is 5.56 Å². The number of rotatable bonds is 3. The monoisotopic (exact) mass is 248 g/mol. The SMILES string of the molecule is CCCc1c(O)nc(-c2ccc(F)cc2)[nH]c1=O. The van der Waals surface area contributed by atoms with Gasteiger partial charge in [0.1, 0.15) is 11.6 Å². The zero-order valence-corrected chi connectivity index (χ0v) is 9.90. The van der Waals surface area contributed by atoms with Gasteiger partial charge in [-0.2, -0.15) is 4.98 Å². The summed E-state index contributed by atoms with van der Waals surface area (Å²) in [4.78, 5) is 18.3. The van der Waals surface area contributed by atoms with E-state index < -0.39 is 0 Å². The van der Waals surface area contributed by atoms with Crippen LogP contribution < -0.4 is 5.56 Å². The van der Waals surface area contributed by atoms with Crippen LogP contribution in [0.3, 0.4) is 0 Å². The number of aromatic nitrogens is 2. The minimum atomic E-state index is -0.368. The molecular formula is C13H13FN2O2. The van der Waals surface area contributed by atoms with Crippen LogP contribution in [0, 0.1) is 5.82 Å². The van der Waals surface area contributed by atoms with Gasteiger partial charge in [-0.3, -0.25) is 4.79 Å². The molecule has 1 aromatic heterocycles. The summed E-state index contributed by atoms with van der Waals surface area (Å²) in [5, 5.41) is 9.71. The first-order valence-electron chi connectivity index (χ1n) is 5.70. The molecule has 0 atom stereocenters. The summed E-state index contributed by atoms with van der Waals surface area (Å²) in [6.45, 7) is 1.91. The van der Waals surface area contributed by atoms with Crippen LogP contribution >= 0.6 is 0 Å². The second-order valence-electron chi connectivity index (χ2n) is 3.97. The quantitative estimate of drug-likeness (QED) is 0.875. The van der Waals surface area contributed by atoms with Crippen molar-refractivity contribution in [3.63, 3.8) is 0 Å². The van der Waals surface area contributed by atoms with Crippen molar-refractivity contribution in [1.82, 2.24) is 9.97 Å². The fourth-order valence-electron chi connectivity index (χ4n) is 1.71. The summed E-state index contributed by atoms with van der Waals surface area (Å²) in [7, 11) is 0. The van der Waals surface area contributed by atoms with Gasteiger partial charge in [-0.05, 0) is 30.7 Å². The molecule has 1 heterocycles. The molecule has 2 N–H and O–H groups in total. The molecule has 2 aromatic rings. The fourth-order valence-corrected chi connectivity index (χ4v) is 1.71. The van der Waals surface area contributed by atoms with Gasteiger partial charge < -0.3 is 10.1 Å². The highest BCUT2D eigenvalue weighted by Gasteiger charge is 2.10. The average Bonchev–Trinajstić information content (AvgIpc) is 2.34. The smallest absolute Gasteiger partial charge is 0.258 e. The first kappa shape index (κ1) is 12.3. The molecule has 0 fully saturated rings. The van der Waals surface area contributed by atoms with E-state index in [2.05, 4.69) is 9.97 Å². The largest absolute Gasteiger partial charge is 0.493 e. The second-order valence-corrected chi connectivity index (χ2v) is 3.97. The van der Waals surface area contributed by atoms with Crippen molar-refractivity contribution >= 4 is 0 Å². The molecular weight excluding hydrogens is 235 g/mol. The lowest BCUT2D eigenvalue weighted by Crippen LogP contribution is -2.15. The maximum absolute atomic E-state index is 12.8. The number of nitrogens with zero attached hydrogens (tertiary/aromatic N) is 1. The first-order valence-corrected chi connectivity index (χ1v) is 5.70. The van der Waals surface area contributed by atoms with Crippen molar-refractivity contribution in [1.29, 1.82) is 0 Å². The van der Waals surface area contributed by atoms with E-state index in [0.717, 1.165) is 6.42 Å². The number of nitrogens with one attached hydrogen (secondary N) is 1. The number of hydrogen-bond acceptors (Lipinski definition) is 3. The molecule has 0 aliphatic heterocycles. The Kier molecular flexibility index (Phi) is 3.41. The Morgan fingerprint density at radius 2 is 2.00 bits per heavy atom. The minimum Gasteiger partial charge on any atom is -0.493 e. The molecule has 0 aliphatic carbocycles. The highest BCUT2D eigenvalue weighted by molar-refractivity contribution is 5.55. The van der Waals surface area contributed by atoms with E-state index >= 15 is 0 Å². The molecule has 0 spiro atoms. The van der Waals surface area contributed by atoms with Crippen LogP contribution in [0.4, 0.5) is 4.39 Å². The van der Waals surface area contributed by atoms with Gasteiger partial charge in [0.05, 0.1) is 5.56 Å². The lowest BCUT2D eigenvalue weighted by Gasteiger charge is -2.05. The Bertz CT molecular complexity index is 605. The van der Waals surface area contributed by atoms with Gasteiger partial charge in [0.25, 0.3) is 5.56 Å². The third-order valence-corrected chi connectivity index (χ3v) is 2.61. The van der Waals surface area contributed by atoms with Crippen molar-refractivity contribution in [3.05, 3.63) is 46.0 Å². The predicted molar refractivity (Wildman–Crippen MR) is 65.9 cm³/mol. The molecule has 4 nitrogen and oxygen atoms in total. The van der Waals surface area contributed by atoms with Crippen LogP contribution in [0.15, 0.2) is 29.1 Å². The van der Waals surface area contributed by atoms with Gasteiger partial charge in [-0.25, -0.2) is 4.39 Å². The number of H-pyrrole nitrogens is 1. The summed E-state index contributed by atoms with van der Waals surface area (Å²) in [5.74, 6) is -0.398. The van der Waals surface area contributed by atoms with E-state index in [0.29, 0.717) is 12.0 Å². The Hall–Kier alpha value is -2.17. The molecule has 0 unspecified atom stereocenters. The Morgan fingerprint density at radius 1 is 1.33 bits per heavy atom. The van der Waals surface area contributed by atoms with Crippen LogP contribution in [-0.4, -0.2) is 15.1 Å². The minimum absolute atomic E-state index is 0.234. The van der Waals surface area contributed by atoms with Crippen LogP contribution in [0.25, 0.3) is 11.4 Å². The third-order valence-electron chi connectivity index (χ3n) is 2.61. The van der Waals surface area contributed by atoms with Gasteiger partial charge in [0.2, 0.25) is 5.88 Å². The summed E-state index contributed by atoms with van der Waals surface area (Å²) in [6.07, 6.45) is 1.21. The van der Waals surface area contributed by atoms with Crippen molar-refractivity contribution < 1.29 is 9.50 Å². The molecule has 94 valence electrons. The molecule has 0 bridgehead atoms. The van der Waals surface area contributed by atoms with Gasteiger partial charge in [0.15, 0.2) is 0 Å². The zero-order valence-electron chi connectivity index (χ0n) is 9.90. The van der Waals surface area contributed by atoms with Crippen LogP contribution in [0.1, 0.15) is 18.9 Å². The first-order chi connectivity index (χ1) is 8.61. The number of aromatic hydroxyl groups is 1. The molecule has 0 radical (unpaired) electrons. The lowest BCUT2D eigenvalue weighted by molar-refractivity contribution is 0.443. The van der Waals surface area contributed by atoms with E-state index in [1.807, 2.05) is 6.92 Å². The zero-order chi connectivity index (χ0) is 13.1. The van der Waals surface area contributed by atoms with Gasteiger partial charge in [-0.1, -0.05) is 13.3 Å². The van der Waals surface area contributed by atoms with Crippen molar-refractivity contribution in [2.45, 2.75) is 19.8 Å². The highest BCUT2D eigenvalue weighted by Crippen LogP contribution is 2.18. The van der Waals surface area contributed by atoms with E-state index in [-0.39, 0.29) is 28.6 Å². The highest BCUT2D eigenvalue weighted by atomic mass is 19.1. The second kappa shape index (κ2) is 5.00. The van der Waals surface area contributed by atoms with Gasteiger partial charge >= 0.3 is 0 Å². The average molecular weight is 248 g/mol. The summed E-state index contributed by atoms with van der Waals surface area (Å²) in [6, 6.07) is 5.53. The van der Waals surface area contributed by atoms with Crippen LogP contribution in [-0.2, 0) is 6.42 Å². The van der Waals surface area contributed by atoms with Crippen molar-refractivity contribution in [3.8, 4) is 17.3 Å². The standard InChI is InChI=1S/C13H13FN2O2/c1-2-3-10-12(17)15-11(16-13(10)18)8-4-6-9(14)7-5-8/h4-7H,2-3H2,1H3,(H2,15,16,17,18). The van der Waals surface area contributed by atoms with Crippen molar-refractivity contribution in [2.24, 2.45) is 0 Å². The maximum Gasteiger partial charge on any atom is 0.258 e. The Morgan fingerprint density at radius 3 is 2.56 bits per heavy atom. The fraction of sp³-hybridized carbons (Fsp3) is 0.231. The van der Waals surface area contributed by atoms with Crippen LogP contribution in [0.2, 0.25) is 0 Å². The molecule has 2 rings (SSSR count). The summed E-state index contributed by atoms with van der Waals surface area (Å²) < 4.78 is 12.8. The van der Waals surface area contributed by atoms with E-state index in [9.17, 15) is 14.3 Å². The molecule has 0 aliphatic rings. The molecule has 5 heteroatoms. The van der Waals surface area contributed by atoms with E-state index in [1.54, 1.807) is 0 Å². The van der Waals surface area contributed by atoms with Crippen LogP contribution in [0.5, 0.6) is 5.88 Å². The third kappa shape index (κ3) is 2.40. The van der Waals surface area contributed by atoms with Gasteiger partial charge in [-0.15, -0.1) is 0 Å². The molecule has 0 saturated heterocycles. The summed E-state index contributed by atoms with van der Waals surface area (Å²) in [5.41, 5.74) is 0.471. The Balaban J connectivity index is 2.48. The number of benzene rings is 1.